The molecular weight excluding hydrogens is 507 g/mol. The molecule has 39 heavy (non-hydrogen) atoms. The fraction of sp³-hybridized carbons (Fsp3) is 0.357. The van der Waals surface area contributed by atoms with Crippen molar-refractivity contribution in [2.45, 2.75) is 19.5 Å². The second-order valence-electron chi connectivity index (χ2n) is 10.0. The number of nitrogens with zero attached hydrogens (tertiary/aromatic N) is 7. The van der Waals surface area contributed by atoms with E-state index in [9.17, 15) is 18.0 Å². The number of alkyl halides is 3. The number of hydrogen-bond donors (Lipinski definition) is 0. The van der Waals surface area contributed by atoms with Crippen molar-refractivity contribution in [1.82, 2.24) is 24.6 Å². The molecular formula is C28H33F3N7O+. The first-order valence-electron chi connectivity index (χ1n) is 12.5. The summed E-state index contributed by atoms with van der Waals surface area (Å²) in [7, 11) is 9.46. The highest BCUT2D eigenvalue weighted by atomic mass is 19.4. The molecule has 4 aromatic rings. The Morgan fingerprint density at radius 2 is 1.79 bits per heavy atom. The van der Waals surface area contributed by atoms with Gasteiger partial charge in [-0.15, -0.1) is 9.78 Å². The number of aryl methyl sites for hydroxylation is 2. The molecule has 8 nitrogen and oxygen atoms in total. The van der Waals surface area contributed by atoms with Crippen LogP contribution in [-0.2, 0) is 26.7 Å². The van der Waals surface area contributed by atoms with Crippen LogP contribution >= 0.6 is 0 Å². The molecule has 0 aliphatic rings. The van der Waals surface area contributed by atoms with E-state index in [1.54, 1.807) is 11.7 Å². The Kier molecular flexibility index (Phi) is 7.91. The smallest absolute Gasteiger partial charge is 0.373 e. The van der Waals surface area contributed by atoms with Crippen molar-refractivity contribution in [2.75, 3.05) is 39.1 Å². The highest BCUT2D eigenvalue weighted by Crippen LogP contribution is 2.33. The number of carbonyl (C=O) groups is 1. The van der Waals surface area contributed by atoms with Crippen LogP contribution in [0, 0.1) is 6.92 Å². The summed E-state index contributed by atoms with van der Waals surface area (Å²) in [6, 6.07) is 10.8. The zero-order valence-corrected chi connectivity index (χ0v) is 23.0. The molecule has 0 unspecified atom stereocenters. The van der Waals surface area contributed by atoms with Crippen LogP contribution in [-0.4, -0.2) is 64.6 Å². The lowest BCUT2D eigenvalue weighted by Gasteiger charge is -2.24. The van der Waals surface area contributed by atoms with Gasteiger partial charge in [-0.05, 0) is 56.4 Å². The third kappa shape index (κ3) is 6.19. The fourth-order valence-corrected chi connectivity index (χ4v) is 4.34. The second-order valence-corrected chi connectivity index (χ2v) is 10.0. The Morgan fingerprint density at radius 3 is 2.44 bits per heavy atom. The van der Waals surface area contributed by atoms with Gasteiger partial charge in [-0.2, -0.15) is 17.9 Å². The largest absolute Gasteiger partial charge is 0.416 e. The molecule has 0 amide bonds. The predicted octanol–water partition coefficient (Wildman–Crippen LogP) is 3.85. The van der Waals surface area contributed by atoms with E-state index >= 15 is 0 Å². The Balaban J connectivity index is 1.64. The fourth-order valence-electron chi connectivity index (χ4n) is 4.34. The molecule has 0 atom stereocenters. The number of hydrogen-bond acceptors (Lipinski definition) is 5. The quantitative estimate of drug-likeness (QED) is 0.239. The van der Waals surface area contributed by atoms with Gasteiger partial charge in [0, 0.05) is 43.9 Å². The molecule has 4 rings (SSSR count). The van der Waals surface area contributed by atoms with Crippen molar-refractivity contribution < 1.29 is 22.6 Å². The van der Waals surface area contributed by atoms with Gasteiger partial charge in [-0.25, -0.2) is 4.68 Å². The number of likely N-dealkylation sites (N-methyl/N-ethyl adjacent to an activating group) is 2. The summed E-state index contributed by atoms with van der Waals surface area (Å²) in [4.78, 5) is 17.3. The Morgan fingerprint density at radius 1 is 1.05 bits per heavy atom. The van der Waals surface area contributed by atoms with Gasteiger partial charge in [0.1, 0.15) is 11.4 Å². The normalized spacial score (nSPS) is 11.8. The molecule has 2 aromatic carbocycles. The van der Waals surface area contributed by atoms with Crippen LogP contribution < -0.4 is 9.58 Å². The molecule has 0 radical (unpaired) electrons. The summed E-state index contributed by atoms with van der Waals surface area (Å²) < 4.78 is 46.1. The van der Waals surface area contributed by atoms with Crippen LogP contribution in [0.25, 0.3) is 17.1 Å². The number of halogens is 3. The lowest BCUT2D eigenvalue weighted by atomic mass is 9.97. The van der Waals surface area contributed by atoms with E-state index in [-0.39, 0.29) is 12.0 Å². The first-order chi connectivity index (χ1) is 18.3. The molecule has 2 aromatic heterocycles. The standard InChI is InChI=1S/C28H33F3N7O/c1-19-7-8-20(15-26(19)38-18-23(32-33-38)25-11-12-36(5)37(25)6)16-27(39)22-17-21(28(29,30)31)9-10-24(22)35(4)14-13-34(2)3/h7-12,15,17-18H,13-14,16H2,1-6H3/q+1. The molecule has 11 heteroatoms. The molecule has 0 spiro atoms. The third-order valence-electron chi connectivity index (χ3n) is 6.83. The monoisotopic (exact) mass is 540 g/mol. The number of rotatable bonds is 9. The van der Waals surface area contributed by atoms with Crippen LogP contribution in [0.15, 0.2) is 54.9 Å². The summed E-state index contributed by atoms with van der Waals surface area (Å²) in [6.07, 6.45) is -0.870. The molecule has 0 saturated heterocycles. The molecule has 0 N–H and O–H groups in total. The zero-order valence-electron chi connectivity index (χ0n) is 23.0. The van der Waals surface area contributed by atoms with Crippen LogP contribution in [0.3, 0.4) is 0 Å². The third-order valence-corrected chi connectivity index (χ3v) is 6.83. The maximum Gasteiger partial charge on any atom is 0.416 e. The molecule has 0 aliphatic heterocycles. The average Bonchev–Trinajstić information content (AvgIpc) is 3.49. The molecule has 0 aliphatic carbocycles. The predicted molar refractivity (Wildman–Crippen MR) is 143 cm³/mol. The van der Waals surface area contributed by atoms with E-state index in [0.29, 0.717) is 30.0 Å². The van der Waals surface area contributed by atoms with Crippen LogP contribution in [0.4, 0.5) is 18.9 Å². The summed E-state index contributed by atoms with van der Waals surface area (Å²) in [5, 5.41) is 8.59. The van der Waals surface area contributed by atoms with E-state index in [1.165, 1.54) is 6.07 Å². The van der Waals surface area contributed by atoms with E-state index in [0.717, 1.165) is 29.1 Å². The van der Waals surface area contributed by atoms with Gasteiger partial charge in [0.25, 0.3) is 0 Å². The number of benzene rings is 2. The molecule has 206 valence electrons. The number of carbonyl (C=O) groups excluding carboxylic acids is 1. The first kappa shape index (κ1) is 28.0. The lowest BCUT2D eigenvalue weighted by Crippen LogP contribution is -2.36. The van der Waals surface area contributed by atoms with Gasteiger partial charge in [0.05, 0.1) is 24.5 Å². The van der Waals surface area contributed by atoms with Crippen molar-refractivity contribution in [2.24, 2.45) is 14.1 Å². The minimum Gasteiger partial charge on any atom is -0.373 e. The maximum atomic E-state index is 13.5. The van der Waals surface area contributed by atoms with Gasteiger partial charge in [-0.1, -0.05) is 17.3 Å². The maximum absolute atomic E-state index is 13.5. The van der Waals surface area contributed by atoms with Gasteiger partial charge >= 0.3 is 6.18 Å². The van der Waals surface area contributed by atoms with Crippen LogP contribution in [0.2, 0.25) is 0 Å². The van der Waals surface area contributed by atoms with Crippen molar-refractivity contribution in [1.29, 1.82) is 0 Å². The Hall–Kier alpha value is -3.99. The number of Topliss-reactive ketones (excluding diaryl/α,β-unsaturated/α-hetero) is 1. The van der Waals surface area contributed by atoms with Crippen molar-refractivity contribution in [3.63, 3.8) is 0 Å². The first-order valence-corrected chi connectivity index (χ1v) is 12.5. The second kappa shape index (κ2) is 11.0. The number of anilines is 1. The van der Waals surface area contributed by atoms with E-state index < -0.39 is 17.5 Å². The van der Waals surface area contributed by atoms with Crippen molar-refractivity contribution in [3.05, 3.63) is 77.1 Å². The van der Waals surface area contributed by atoms with E-state index in [2.05, 4.69) is 10.3 Å². The van der Waals surface area contributed by atoms with E-state index in [1.807, 2.05) is 90.9 Å². The minimum atomic E-state index is -4.55. The average molecular weight is 541 g/mol. The molecule has 0 saturated carbocycles. The lowest BCUT2D eigenvalue weighted by molar-refractivity contribution is -0.750. The number of ketones is 1. The molecule has 0 fully saturated rings. The van der Waals surface area contributed by atoms with Gasteiger partial charge < -0.3 is 9.80 Å². The topological polar surface area (TPSA) is 63.1 Å². The summed E-state index contributed by atoms with van der Waals surface area (Å²) in [6.45, 7) is 3.17. The van der Waals surface area contributed by atoms with Crippen LogP contribution in [0.5, 0.6) is 0 Å². The molecule has 2 heterocycles. The number of aromatic nitrogens is 5. The van der Waals surface area contributed by atoms with Gasteiger partial charge in [0.15, 0.2) is 19.0 Å². The highest BCUT2D eigenvalue weighted by molar-refractivity contribution is 6.02. The zero-order chi connectivity index (χ0) is 28.5. The van der Waals surface area contributed by atoms with Gasteiger partial charge in [-0.3, -0.25) is 4.79 Å². The highest BCUT2D eigenvalue weighted by Gasteiger charge is 2.32. The van der Waals surface area contributed by atoms with Gasteiger partial charge in [0.2, 0.25) is 0 Å². The SMILES string of the molecule is Cc1ccc(CC(=O)c2cc(C(F)(F)F)ccc2N(C)CCN(C)C)cc1-n1cc(-c2cc[n+](C)n2C)nn1. The molecule has 0 bridgehead atoms. The van der Waals surface area contributed by atoms with Crippen molar-refractivity contribution in [3.8, 4) is 17.1 Å². The summed E-state index contributed by atoms with van der Waals surface area (Å²) >= 11 is 0. The van der Waals surface area contributed by atoms with Crippen LogP contribution in [0.1, 0.15) is 27.0 Å². The Labute approximate surface area is 225 Å². The van der Waals surface area contributed by atoms with E-state index in [4.69, 9.17) is 0 Å². The summed E-state index contributed by atoms with van der Waals surface area (Å²) in [5.41, 5.74) is 3.59. The van der Waals surface area contributed by atoms with Crippen molar-refractivity contribution >= 4 is 11.5 Å². The minimum absolute atomic E-state index is 0.0489. The summed E-state index contributed by atoms with van der Waals surface area (Å²) in [5.74, 6) is -0.391. The Bertz CT molecular complexity index is 1490.